The van der Waals surface area contributed by atoms with Gasteiger partial charge in [-0.2, -0.15) is 0 Å². The summed E-state index contributed by atoms with van der Waals surface area (Å²) in [6.45, 7) is 5.17. The minimum atomic E-state index is -1.21. The normalized spacial score (nSPS) is 15.4. The molecule has 0 radical (unpaired) electrons. The molecule has 3 amide bonds. The van der Waals surface area contributed by atoms with Gasteiger partial charge in [0.2, 0.25) is 5.91 Å². The van der Waals surface area contributed by atoms with Crippen LogP contribution in [-0.4, -0.2) is 45.6 Å². The van der Waals surface area contributed by atoms with Crippen LogP contribution in [0.4, 0.5) is 4.79 Å². The van der Waals surface area contributed by atoms with Gasteiger partial charge in [0.1, 0.15) is 23.4 Å². The number of hydrogen-bond donors (Lipinski definition) is 3. The van der Waals surface area contributed by atoms with Crippen molar-refractivity contribution in [2.75, 3.05) is 0 Å². The Morgan fingerprint density at radius 1 is 1.08 bits per heavy atom. The molecule has 0 aliphatic heterocycles. The standard InChI is InChI=1S/C30H37N3O5/c1-5-33(26(22-15-12-18-24(34)20-22)27(35)31-23-16-10-7-11-17-23)28(36)25(19-21-13-8-6-9-14-21)32-29(37)38-30(2,3)4/h1,6,8-9,12-15,18,20,23,25-26,34H,7,10-11,16-17,19H2,2-4H3,(H,31,35)(H,32,37). The molecule has 202 valence electrons. The highest BCUT2D eigenvalue weighted by molar-refractivity contribution is 5.93. The lowest BCUT2D eigenvalue weighted by Crippen LogP contribution is -2.53. The molecule has 1 aliphatic rings. The zero-order valence-corrected chi connectivity index (χ0v) is 22.3. The Balaban J connectivity index is 1.95. The van der Waals surface area contributed by atoms with E-state index in [1.165, 1.54) is 12.1 Å². The summed E-state index contributed by atoms with van der Waals surface area (Å²) >= 11 is 0. The summed E-state index contributed by atoms with van der Waals surface area (Å²) in [6.07, 6.45) is 10.1. The van der Waals surface area contributed by atoms with Crippen LogP contribution < -0.4 is 10.6 Å². The van der Waals surface area contributed by atoms with E-state index < -0.39 is 35.6 Å². The number of hydrogen-bond acceptors (Lipinski definition) is 5. The average Bonchev–Trinajstić information content (AvgIpc) is 2.86. The molecule has 0 aromatic heterocycles. The third-order valence-electron chi connectivity index (χ3n) is 6.29. The first-order valence-electron chi connectivity index (χ1n) is 13.0. The molecule has 0 spiro atoms. The van der Waals surface area contributed by atoms with E-state index in [-0.39, 0.29) is 18.2 Å². The van der Waals surface area contributed by atoms with Crippen LogP contribution in [0, 0.1) is 12.5 Å². The fourth-order valence-electron chi connectivity index (χ4n) is 4.57. The highest BCUT2D eigenvalue weighted by atomic mass is 16.6. The summed E-state index contributed by atoms with van der Waals surface area (Å²) in [7, 11) is 0. The monoisotopic (exact) mass is 519 g/mol. The molecule has 38 heavy (non-hydrogen) atoms. The molecule has 3 rings (SSSR count). The Morgan fingerprint density at radius 3 is 2.37 bits per heavy atom. The second-order valence-corrected chi connectivity index (χ2v) is 10.6. The number of nitrogens with zero attached hydrogens (tertiary/aromatic N) is 1. The van der Waals surface area contributed by atoms with E-state index in [0.29, 0.717) is 5.56 Å². The zero-order valence-electron chi connectivity index (χ0n) is 22.3. The van der Waals surface area contributed by atoms with Crippen LogP contribution >= 0.6 is 0 Å². The number of carbonyl (C=O) groups excluding carboxylic acids is 3. The van der Waals surface area contributed by atoms with Crippen molar-refractivity contribution in [3.05, 3.63) is 65.7 Å². The van der Waals surface area contributed by atoms with Crippen LogP contribution in [0.3, 0.4) is 0 Å². The first-order chi connectivity index (χ1) is 18.1. The maximum atomic E-state index is 13.9. The number of amides is 3. The van der Waals surface area contributed by atoms with Crippen molar-refractivity contribution in [2.24, 2.45) is 0 Å². The number of rotatable bonds is 8. The second kappa shape index (κ2) is 13.0. The van der Waals surface area contributed by atoms with E-state index in [1.807, 2.05) is 30.3 Å². The fourth-order valence-corrected chi connectivity index (χ4v) is 4.57. The van der Waals surface area contributed by atoms with Crippen molar-refractivity contribution in [1.29, 1.82) is 0 Å². The molecule has 8 heteroatoms. The van der Waals surface area contributed by atoms with Crippen LogP contribution in [0.25, 0.3) is 0 Å². The molecule has 2 aromatic rings. The van der Waals surface area contributed by atoms with E-state index in [4.69, 9.17) is 11.2 Å². The Hall–Kier alpha value is -3.99. The minimum Gasteiger partial charge on any atom is -0.508 e. The molecule has 1 fully saturated rings. The van der Waals surface area contributed by atoms with Crippen molar-refractivity contribution < 1.29 is 24.2 Å². The van der Waals surface area contributed by atoms with Gasteiger partial charge in [-0.1, -0.05) is 68.2 Å². The second-order valence-electron chi connectivity index (χ2n) is 10.6. The first kappa shape index (κ1) is 28.6. The van der Waals surface area contributed by atoms with Crippen LogP contribution in [-0.2, 0) is 20.7 Å². The van der Waals surface area contributed by atoms with Crippen molar-refractivity contribution >= 4 is 17.9 Å². The van der Waals surface area contributed by atoms with Gasteiger partial charge in [0.25, 0.3) is 5.91 Å². The molecule has 1 aliphatic carbocycles. The lowest BCUT2D eigenvalue weighted by molar-refractivity contribution is -0.139. The van der Waals surface area contributed by atoms with Crippen molar-refractivity contribution in [3.63, 3.8) is 0 Å². The van der Waals surface area contributed by atoms with E-state index in [0.717, 1.165) is 42.6 Å². The van der Waals surface area contributed by atoms with Gasteiger partial charge >= 0.3 is 6.09 Å². The predicted molar refractivity (Wildman–Crippen MR) is 145 cm³/mol. The van der Waals surface area contributed by atoms with E-state index in [2.05, 4.69) is 16.7 Å². The summed E-state index contributed by atoms with van der Waals surface area (Å²) in [5.41, 5.74) is 0.375. The van der Waals surface area contributed by atoms with Gasteiger partial charge in [-0.3, -0.25) is 14.5 Å². The van der Waals surface area contributed by atoms with Gasteiger partial charge in [0.15, 0.2) is 0 Å². The molecule has 0 heterocycles. The maximum Gasteiger partial charge on any atom is 0.408 e. The van der Waals surface area contributed by atoms with Gasteiger partial charge < -0.3 is 20.5 Å². The van der Waals surface area contributed by atoms with Crippen LogP contribution in [0.2, 0.25) is 0 Å². The molecular weight excluding hydrogens is 482 g/mol. The van der Waals surface area contributed by atoms with E-state index in [9.17, 15) is 19.5 Å². The van der Waals surface area contributed by atoms with Crippen molar-refractivity contribution in [3.8, 4) is 18.2 Å². The number of nitrogens with one attached hydrogen (secondary N) is 2. The highest BCUT2D eigenvalue weighted by Gasteiger charge is 2.37. The Labute approximate surface area is 224 Å². The number of alkyl carbamates (subject to hydrolysis) is 1. The molecule has 2 aromatic carbocycles. The number of benzene rings is 2. The maximum absolute atomic E-state index is 13.9. The van der Waals surface area contributed by atoms with Crippen LogP contribution in [0.15, 0.2) is 54.6 Å². The summed E-state index contributed by atoms with van der Waals surface area (Å²) in [6, 6.07) is 15.3. The SMILES string of the molecule is C#CN(C(=O)C(Cc1ccccc1)NC(=O)OC(C)(C)C)C(C(=O)NC1CCCCC1)c1cccc(O)c1. The summed E-state index contributed by atoms with van der Waals surface area (Å²) in [5.74, 6) is -1.14. The summed E-state index contributed by atoms with van der Waals surface area (Å²) < 4.78 is 5.39. The first-order valence-corrected chi connectivity index (χ1v) is 13.0. The van der Waals surface area contributed by atoms with Crippen molar-refractivity contribution in [1.82, 2.24) is 15.5 Å². The number of aromatic hydroxyl groups is 1. The van der Waals surface area contributed by atoms with Crippen molar-refractivity contribution in [2.45, 2.75) is 83.0 Å². The average molecular weight is 520 g/mol. The largest absolute Gasteiger partial charge is 0.508 e. The smallest absolute Gasteiger partial charge is 0.408 e. The van der Waals surface area contributed by atoms with Gasteiger partial charge in [0, 0.05) is 18.5 Å². The third-order valence-corrected chi connectivity index (χ3v) is 6.29. The third kappa shape index (κ3) is 8.27. The lowest BCUT2D eigenvalue weighted by atomic mass is 9.94. The lowest BCUT2D eigenvalue weighted by Gasteiger charge is -2.32. The van der Waals surface area contributed by atoms with Crippen LogP contribution in [0.5, 0.6) is 5.75 Å². The number of ether oxygens (including phenoxy) is 1. The Morgan fingerprint density at radius 2 is 1.76 bits per heavy atom. The Bertz CT molecular complexity index is 1150. The van der Waals surface area contributed by atoms with Gasteiger partial charge in [-0.25, -0.2) is 4.79 Å². The number of phenols is 1. The highest BCUT2D eigenvalue weighted by Crippen LogP contribution is 2.27. The summed E-state index contributed by atoms with van der Waals surface area (Å²) in [4.78, 5) is 41.3. The number of phenolic OH excluding ortho intramolecular Hbond substituents is 1. The van der Waals surface area contributed by atoms with E-state index >= 15 is 0 Å². The molecule has 2 atom stereocenters. The number of terminal acetylenes is 1. The minimum absolute atomic E-state index is 0.0224. The van der Waals surface area contributed by atoms with Gasteiger partial charge in [-0.05, 0) is 56.9 Å². The fraction of sp³-hybridized carbons (Fsp3) is 0.433. The quantitative estimate of drug-likeness (QED) is 0.353. The molecule has 0 saturated heterocycles. The van der Waals surface area contributed by atoms with Gasteiger partial charge in [-0.15, -0.1) is 0 Å². The van der Waals surface area contributed by atoms with E-state index in [1.54, 1.807) is 32.9 Å². The molecule has 2 unspecified atom stereocenters. The Kier molecular flexibility index (Phi) is 9.78. The van der Waals surface area contributed by atoms with Gasteiger partial charge in [0.05, 0.1) is 0 Å². The molecular formula is C30H37N3O5. The molecule has 8 nitrogen and oxygen atoms in total. The van der Waals surface area contributed by atoms with Crippen LogP contribution in [0.1, 0.15) is 70.0 Å². The molecule has 3 N–H and O–H groups in total. The zero-order chi connectivity index (χ0) is 27.7. The molecule has 0 bridgehead atoms. The summed E-state index contributed by atoms with van der Waals surface area (Å²) in [5, 5.41) is 15.8. The topological polar surface area (TPSA) is 108 Å². The number of carbonyl (C=O) groups is 3. The molecule has 1 saturated carbocycles. The predicted octanol–water partition coefficient (Wildman–Crippen LogP) is 4.44.